The molecule has 0 spiro atoms. The molecule has 0 saturated heterocycles. The lowest BCUT2D eigenvalue weighted by Crippen LogP contribution is -2.58. The normalized spacial score (nSPS) is 28.7. The number of ketones is 3. The highest BCUT2D eigenvalue weighted by atomic mass is 16.3. The van der Waals surface area contributed by atoms with Crippen LogP contribution in [-0.2, 0) is 27.3 Å². The maximum atomic E-state index is 13.6. The van der Waals surface area contributed by atoms with Crippen LogP contribution in [0.2, 0.25) is 0 Å². The van der Waals surface area contributed by atoms with E-state index in [4.69, 9.17) is 0 Å². The molecular formula is C27H31NO7. The SMILES string of the molecule is CCC(=O)C1=C(O)[C@@]2(O)C(=O)C3=C(O)c4c(O)ccc(CNC5CCCC5)c4CC3CC2CC1=O. The first-order valence-electron chi connectivity index (χ1n) is 12.5. The Morgan fingerprint density at radius 2 is 1.83 bits per heavy atom. The largest absolute Gasteiger partial charge is 0.508 e. The van der Waals surface area contributed by atoms with Crippen LogP contribution in [0, 0.1) is 11.8 Å². The zero-order chi connectivity index (χ0) is 25.1. The Hall–Kier alpha value is -2.97. The van der Waals surface area contributed by atoms with Crippen molar-refractivity contribution < 1.29 is 34.8 Å². The number of phenols is 1. The van der Waals surface area contributed by atoms with Crippen molar-refractivity contribution in [3.8, 4) is 5.75 Å². The topological polar surface area (TPSA) is 144 Å². The van der Waals surface area contributed by atoms with Crippen LogP contribution in [0.25, 0.3) is 5.76 Å². The van der Waals surface area contributed by atoms with Crippen LogP contribution in [0.5, 0.6) is 5.75 Å². The average molecular weight is 482 g/mol. The summed E-state index contributed by atoms with van der Waals surface area (Å²) >= 11 is 0. The molecule has 2 saturated carbocycles. The summed E-state index contributed by atoms with van der Waals surface area (Å²) < 4.78 is 0. The predicted molar refractivity (Wildman–Crippen MR) is 127 cm³/mol. The zero-order valence-electron chi connectivity index (χ0n) is 19.8. The van der Waals surface area contributed by atoms with E-state index in [9.17, 15) is 34.8 Å². The van der Waals surface area contributed by atoms with E-state index >= 15 is 0 Å². The maximum Gasteiger partial charge on any atom is 0.202 e. The number of Topliss-reactive ketones (excluding diaryl/α,β-unsaturated/α-hetero) is 3. The Morgan fingerprint density at radius 1 is 1.11 bits per heavy atom. The van der Waals surface area contributed by atoms with Crippen molar-refractivity contribution in [3.05, 3.63) is 45.7 Å². The fraction of sp³-hybridized carbons (Fsp3) is 0.519. The second kappa shape index (κ2) is 8.60. The number of benzene rings is 1. The third-order valence-electron chi connectivity index (χ3n) is 8.33. The minimum atomic E-state index is -2.46. The van der Waals surface area contributed by atoms with Crippen molar-refractivity contribution in [2.75, 3.05) is 0 Å². The van der Waals surface area contributed by atoms with Crippen molar-refractivity contribution in [1.82, 2.24) is 5.32 Å². The van der Waals surface area contributed by atoms with Gasteiger partial charge in [-0.05, 0) is 48.8 Å². The van der Waals surface area contributed by atoms with Crippen molar-refractivity contribution in [1.29, 1.82) is 0 Å². The summed E-state index contributed by atoms with van der Waals surface area (Å²) in [5.74, 6) is -5.03. The number of aliphatic hydroxyl groups excluding tert-OH is 2. The third-order valence-corrected chi connectivity index (χ3v) is 8.33. The fourth-order valence-corrected chi connectivity index (χ4v) is 6.45. The van der Waals surface area contributed by atoms with E-state index in [2.05, 4.69) is 5.32 Å². The summed E-state index contributed by atoms with van der Waals surface area (Å²) in [6.45, 7) is 2.09. The molecule has 3 atom stereocenters. The molecule has 0 heterocycles. The molecular weight excluding hydrogens is 450 g/mol. The molecule has 5 rings (SSSR count). The number of aromatic hydroxyl groups is 1. The van der Waals surface area contributed by atoms with E-state index < -0.39 is 51.9 Å². The second-order valence-corrected chi connectivity index (χ2v) is 10.3. The van der Waals surface area contributed by atoms with Gasteiger partial charge in [0.05, 0.1) is 5.56 Å². The minimum Gasteiger partial charge on any atom is -0.508 e. The summed E-state index contributed by atoms with van der Waals surface area (Å²) in [5.41, 5.74) is -1.24. The molecule has 8 heteroatoms. The number of rotatable bonds is 5. The van der Waals surface area contributed by atoms with Crippen LogP contribution in [0.3, 0.4) is 0 Å². The van der Waals surface area contributed by atoms with Gasteiger partial charge >= 0.3 is 0 Å². The second-order valence-electron chi connectivity index (χ2n) is 10.3. The van der Waals surface area contributed by atoms with E-state index in [1.165, 1.54) is 25.8 Å². The lowest BCUT2D eigenvalue weighted by Gasteiger charge is -2.46. The molecule has 0 aromatic heterocycles. The Balaban J connectivity index is 1.57. The van der Waals surface area contributed by atoms with Crippen LogP contribution in [0.1, 0.15) is 68.6 Å². The van der Waals surface area contributed by atoms with Crippen molar-refractivity contribution in [2.24, 2.45) is 11.8 Å². The van der Waals surface area contributed by atoms with Crippen molar-refractivity contribution in [2.45, 2.75) is 76.5 Å². The van der Waals surface area contributed by atoms with Crippen LogP contribution < -0.4 is 5.32 Å². The van der Waals surface area contributed by atoms with Gasteiger partial charge in [0.2, 0.25) is 5.78 Å². The Bertz CT molecular complexity index is 1190. The molecule has 4 aliphatic carbocycles. The number of phenolic OH excluding ortho intramolecular Hbond substituents is 1. The highest BCUT2D eigenvalue weighted by Crippen LogP contribution is 2.52. The summed E-state index contributed by atoms with van der Waals surface area (Å²) in [6.07, 6.45) is 4.84. The molecule has 0 bridgehead atoms. The van der Waals surface area contributed by atoms with E-state index in [1.807, 2.05) is 6.07 Å². The van der Waals surface area contributed by atoms with Gasteiger partial charge in [-0.1, -0.05) is 25.8 Å². The lowest BCUT2D eigenvalue weighted by molar-refractivity contribution is -0.147. The van der Waals surface area contributed by atoms with Crippen LogP contribution in [0.15, 0.2) is 29.0 Å². The highest BCUT2D eigenvalue weighted by molar-refractivity contribution is 6.23. The van der Waals surface area contributed by atoms with Gasteiger partial charge in [0.15, 0.2) is 17.2 Å². The molecule has 2 unspecified atom stereocenters. The molecule has 1 aromatic rings. The monoisotopic (exact) mass is 481 g/mol. The Morgan fingerprint density at radius 3 is 2.51 bits per heavy atom. The van der Waals surface area contributed by atoms with E-state index in [0.717, 1.165) is 24.0 Å². The number of carbonyl (C=O) groups excluding carboxylic acids is 3. The van der Waals surface area contributed by atoms with E-state index in [-0.39, 0.29) is 36.1 Å². The fourth-order valence-electron chi connectivity index (χ4n) is 6.45. The number of hydrogen-bond donors (Lipinski definition) is 5. The standard InChI is InChI=1S/C27H31NO7/c1-2-18(29)23-20(31)11-15-9-14-10-17-13(12-28-16-5-3-4-6-16)7-8-19(30)22(17)24(32)21(14)25(33)27(15,35)26(23)34/h7-8,14-16,28,30,32,34-35H,2-6,9-12H2,1H3/t14?,15?,27-/m0/s1. The van der Waals surface area contributed by atoms with E-state index in [0.29, 0.717) is 19.0 Å². The van der Waals surface area contributed by atoms with Crippen LogP contribution >= 0.6 is 0 Å². The summed E-state index contributed by atoms with van der Waals surface area (Å²) in [5, 5.41) is 47.6. The zero-order valence-corrected chi connectivity index (χ0v) is 19.8. The van der Waals surface area contributed by atoms with E-state index in [1.54, 1.807) is 0 Å². The third kappa shape index (κ3) is 3.53. The molecule has 8 nitrogen and oxygen atoms in total. The van der Waals surface area contributed by atoms with Gasteiger partial charge in [0.25, 0.3) is 0 Å². The minimum absolute atomic E-state index is 0.0600. The molecule has 5 N–H and O–H groups in total. The Kier molecular flexibility index (Phi) is 5.84. The van der Waals surface area contributed by atoms with Gasteiger partial charge in [-0.2, -0.15) is 0 Å². The van der Waals surface area contributed by atoms with Gasteiger partial charge in [-0.25, -0.2) is 0 Å². The summed E-state index contributed by atoms with van der Waals surface area (Å²) in [6, 6.07) is 3.73. The molecule has 1 aromatic carbocycles. The van der Waals surface area contributed by atoms with Gasteiger partial charge < -0.3 is 25.7 Å². The molecule has 0 amide bonds. The first kappa shape index (κ1) is 23.8. The van der Waals surface area contributed by atoms with Gasteiger partial charge in [-0.15, -0.1) is 0 Å². The number of allylic oxidation sites excluding steroid dienone is 1. The van der Waals surface area contributed by atoms with Crippen LogP contribution in [0.4, 0.5) is 0 Å². The molecule has 0 radical (unpaired) electrons. The summed E-state index contributed by atoms with van der Waals surface area (Å²) in [7, 11) is 0. The molecule has 35 heavy (non-hydrogen) atoms. The van der Waals surface area contributed by atoms with Gasteiger partial charge in [0, 0.05) is 36.9 Å². The number of fused-ring (bicyclic) bond motifs is 3. The summed E-state index contributed by atoms with van der Waals surface area (Å²) in [4.78, 5) is 38.6. The molecule has 186 valence electrons. The van der Waals surface area contributed by atoms with Gasteiger partial charge in [-0.3, -0.25) is 14.4 Å². The number of carbonyl (C=O) groups is 3. The van der Waals surface area contributed by atoms with Gasteiger partial charge in [0.1, 0.15) is 22.8 Å². The molecule has 0 aliphatic heterocycles. The number of nitrogens with one attached hydrogen (secondary N) is 1. The lowest BCUT2D eigenvalue weighted by atomic mass is 9.59. The average Bonchev–Trinajstić information content (AvgIpc) is 3.34. The molecule has 2 fully saturated rings. The molecule has 4 aliphatic rings. The van der Waals surface area contributed by atoms with Crippen molar-refractivity contribution >= 4 is 23.1 Å². The maximum absolute atomic E-state index is 13.6. The Labute approximate surface area is 203 Å². The smallest absolute Gasteiger partial charge is 0.202 e. The quantitative estimate of drug-likeness (QED) is 0.404. The first-order valence-corrected chi connectivity index (χ1v) is 12.5. The predicted octanol–water partition coefficient (Wildman–Crippen LogP) is 2.95. The van der Waals surface area contributed by atoms with Crippen molar-refractivity contribution in [3.63, 3.8) is 0 Å². The number of hydrogen-bond acceptors (Lipinski definition) is 8. The first-order chi connectivity index (χ1) is 16.7. The highest BCUT2D eigenvalue weighted by Gasteiger charge is 2.60. The number of aliphatic hydroxyl groups is 3. The van der Waals surface area contributed by atoms with Crippen LogP contribution in [-0.4, -0.2) is 49.4 Å².